The maximum atomic E-state index is 6.01. The van der Waals surface area contributed by atoms with Crippen molar-refractivity contribution in [1.29, 1.82) is 0 Å². The summed E-state index contributed by atoms with van der Waals surface area (Å²) in [4.78, 5) is 0. The zero-order valence-corrected chi connectivity index (χ0v) is 10.1. The molecule has 0 saturated carbocycles. The molecule has 1 unspecified atom stereocenters. The minimum atomic E-state index is 0.0555. The fourth-order valence-corrected chi connectivity index (χ4v) is 1.28. The minimum absolute atomic E-state index is 0.0555. The Labute approximate surface area is 85.6 Å². The van der Waals surface area contributed by atoms with Gasteiger partial charge in [-0.05, 0) is 45.7 Å². The summed E-state index contributed by atoms with van der Waals surface area (Å²) in [6.45, 7) is 7.38. The molecule has 0 spiro atoms. The van der Waals surface area contributed by atoms with E-state index in [0.717, 1.165) is 6.54 Å². The Balaban J connectivity index is 3.47. The third-order valence-electron chi connectivity index (χ3n) is 2.10. The number of halogens is 1. The van der Waals surface area contributed by atoms with E-state index < -0.39 is 0 Å². The van der Waals surface area contributed by atoms with Crippen LogP contribution in [0.5, 0.6) is 0 Å². The van der Waals surface area contributed by atoms with Crippen LogP contribution in [0, 0.1) is 0 Å². The Morgan fingerprint density at radius 2 is 2.08 bits per heavy atom. The quantitative estimate of drug-likeness (QED) is 0.534. The van der Waals surface area contributed by atoms with Crippen molar-refractivity contribution < 1.29 is 0 Å². The van der Waals surface area contributed by atoms with E-state index in [-0.39, 0.29) is 10.9 Å². The molecule has 0 amide bonds. The number of rotatable bonds is 6. The van der Waals surface area contributed by atoms with Crippen molar-refractivity contribution in [3.8, 4) is 0 Å². The first-order valence-corrected chi connectivity index (χ1v) is 6.22. The maximum absolute atomic E-state index is 6.01. The van der Waals surface area contributed by atoms with Crippen LogP contribution in [0.1, 0.15) is 27.2 Å². The lowest BCUT2D eigenvalue weighted by Crippen LogP contribution is -2.46. The van der Waals surface area contributed by atoms with E-state index in [4.69, 9.17) is 11.6 Å². The van der Waals surface area contributed by atoms with Gasteiger partial charge in [-0.1, -0.05) is 0 Å². The van der Waals surface area contributed by atoms with Crippen LogP contribution in [-0.2, 0) is 0 Å². The highest BCUT2D eigenvalue weighted by atomic mass is 35.5. The van der Waals surface area contributed by atoms with Crippen LogP contribution in [0.4, 0.5) is 0 Å². The zero-order chi connectivity index (χ0) is 9.61. The Morgan fingerprint density at radius 3 is 2.50 bits per heavy atom. The van der Waals surface area contributed by atoms with Gasteiger partial charge in [-0.2, -0.15) is 11.8 Å². The first-order valence-electron chi connectivity index (χ1n) is 4.38. The number of hydrogen-bond acceptors (Lipinski definition) is 2. The average Bonchev–Trinajstić information content (AvgIpc) is 1.98. The van der Waals surface area contributed by atoms with Gasteiger partial charge in [0.1, 0.15) is 0 Å². The van der Waals surface area contributed by atoms with Crippen molar-refractivity contribution in [3.05, 3.63) is 0 Å². The van der Waals surface area contributed by atoms with E-state index >= 15 is 0 Å². The predicted molar refractivity (Wildman–Crippen MR) is 60.4 cm³/mol. The smallest absolute Gasteiger partial charge is 0.0484 e. The van der Waals surface area contributed by atoms with Crippen LogP contribution in [0.25, 0.3) is 0 Å². The molecule has 0 aliphatic carbocycles. The summed E-state index contributed by atoms with van der Waals surface area (Å²) in [6.07, 6.45) is 3.35. The molecule has 0 aliphatic rings. The number of thioether (sulfide) groups is 1. The molecule has 74 valence electrons. The molecule has 3 heteroatoms. The van der Waals surface area contributed by atoms with E-state index in [1.807, 2.05) is 18.7 Å². The van der Waals surface area contributed by atoms with Crippen molar-refractivity contribution in [2.75, 3.05) is 18.6 Å². The van der Waals surface area contributed by atoms with Crippen LogP contribution in [0.2, 0.25) is 0 Å². The van der Waals surface area contributed by atoms with Crippen molar-refractivity contribution in [2.24, 2.45) is 0 Å². The molecule has 0 rings (SSSR count). The maximum Gasteiger partial charge on any atom is 0.0484 e. The molecule has 0 aromatic rings. The molecule has 1 atom stereocenters. The number of hydrogen-bond donors (Lipinski definition) is 1. The standard InChI is InChI=1S/C9H20ClNS/c1-8(10)9(2,3)11-6-5-7-12-4/h8,11H,5-7H2,1-4H3. The largest absolute Gasteiger partial charge is 0.310 e. The summed E-state index contributed by atoms with van der Waals surface area (Å²) in [7, 11) is 0. The van der Waals surface area contributed by atoms with Gasteiger partial charge in [0, 0.05) is 10.9 Å². The highest BCUT2D eigenvalue weighted by molar-refractivity contribution is 7.98. The van der Waals surface area contributed by atoms with Crippen LogP contribution < -0.4 is 5.32 Å². The van der Waals surface area contributed by atoms with Crippen molar-refractivity contribution in [2.45, 2.75) is 38.1 Å². The SMILES string of the molecule is CSCCCNC(C)(C)C(C)Cl. The molecular formula is C9H20ClNS. The molecule has 0 aromatic carbocycles. The molecule has 0 bridgehead atoms. The summed E-state index contributed by atoms with van der Waals surface area (Å²) in [5.41, 5.74) is 0.0555. The molecule has 1 N–H and O–H groups in total. The van der Waals surface area contributed by atoms with Gasteiger partial charge in [-0.3, -0.25) is 0 Å². The molecule has 0 aliphatic heterocycles. The Bertz CT molecular complexity index is 115. The third kappa shape index (κ3) is 5.28. The highest BCUT2D eigenvalue weighted by Crippen LogP contribution is 2.14. The average molecular weight is 210 g/mol. The van der Waals surface area contributed by atoms with E-state index in [1.165, 1.54) is 12.2 Å². The second-order valence-electron chi connectivity index (χ2n) is 3.61. The molecule has 0 saturated heterocycles. The monoisotopic (exact) mass is 209 g/mol. The summed E-state index contributed by atoms with van der Waals surface area (Å²) in [5, 5.41) is 3.62. The predicted octanol–water partition coefficient (Wildman–Crippen LogP) is 2.74. The van der Waals surface area contributed by atoms with Gasteiger partial charge in [0.25, 0.3) is 0 Å². The highest BCUT2D eigenvalue weighted by Gasteiger charge is 2.22. The molecule has 12 heavy (non-hydrogen) atoms. The number of nitrogens with one attached hydrogen (secondary N) is 1. The lowest BCUT2D eigenvalue weighted by molar-refractivity contribution is 0.384. The van der Waals surface area contributed by atoms with Gasteiger partial charge < -0.3 is 5.32 Å². The second kappa shape index (κ2) is 6.11. The summed E-state index contributed by atoms with van der Waals surface area (Å²) in [5.74, 6) is 1.22. The van der Waals surface area contributed by atoms with Gasteiger partial charge in [0.15, 0.2) is 0 Å². The van der Waals surface area contributed by atoms with Crippen molar-refractivity contribution in [1.82, 2.24) is 5.32 Å². The van der Waals surface area contributed by atoms with Gasteiger partial charge in [0.2, 0.25) is 0 Å². The summed E-state index contributed by atoms with van der Waals surface area (Å²) >= 11 is 7.90. The molecule has 0 heterocycles. The van der Waals surface area contributed by atoms with E-state index in [2.05, 4.69) is 25.4 Å². The summed E-state index contributed by atoms with van der Waals surface area (Å²) < 4.78 is 0. The Morgan fingerprint density at radius 1 is 1.50 bits per heavy atom. The van der Waals surface area contributed by atoms with Crippen LogP contribution in [0.3, 0.4) is 0 Å². The van der Waals surface area contributed by atoms with Gasteiger partial charge >= 0.3 is 0 Å². The van der Waals surface area contributed by atoms with Crippen LogP contribution in [-0.4, -0.2) is 29.5 Å². The molecule has 0 aromatic heterocycles. The van der Waals surface area contributed by atoms with Crippen molar-refractivity contribution >= 4 is 23.4 Å². The zero-order valence-electron chi connectivity index (χ0n) is 8.48. The first kappa shape index (κ1) is 12.6. The Hall–Kier alpha value is 0.600. The molecule has 0 radical (unpaired) electrons. The van der Waals surface area contributed by atoms with Gasteiger partial charge in [-0.15, -0.1) is 11.6 Å². The third-order valence-corrected chi connectivity index (χ3v) is 3.34. The fraction of sp³-hybridized carbons (Fsp3) is 1.00. The molecule has 0 fully saturated rings. The van der Waals surface area contributed by atoms with E-state index in [9.17, 15) is 0 Å². The first-order chi connectivity index (χ1) is 5.50. The van der Waals surface area contributed by atoms with Gasteiger partial charge in [0.05, 0.1) is 0 Å². The second-order valence-corrected chi connectivity index (χ2v) is 5.25. The molecule has 1 nitrogen and oxygen atoms in total. The lowest BCUT2D eigenvalue weighted by Gasteiger charge is -2.29. The van der Waals surface area contributed by atoms with Crippen LogP contribution in [0.15, 0.2) is 0 Å². The molecular weight excluding hydrogens is 190 g/mol. The van der Waals surface area contributed by atoms with E-state index in [0.29, 0.717) is 0 Å². The van der Waals surface area contributed by atoms with Gasteiger partial charge in [-0.25, -0.2) is 0 Å². The van der Waals surface area contributed by atoms with Crippen LogP contribution >= 0.6 is 23.4 Å². The summed E-state index contributed by atoms with van der Waals surface area (Å²) in [6, 6.07) is 0. The topological polar surface area (TPSA) is 12.0 Å². The van der Waals surface area contributed by atoms with Crippen molar-refractivity contribution in [3.63, 3.8) is 0 Å². The Kier molecular flexibility index (Phi) is 6.42. The number of alkyl halides is 1. The normalized spacial score (nSPS) is 14.8. The van der Waals surface area contributed by atoms with E-state index in [1.54, 1.807) is 0 Å². The minimum Gasteiger partial charge on any atom is -0.310 e. The fourth-order valence-electron chi connectivity index (χ4n) is 0.768. The lowest BCUT2D eigenvalue weighted by atomic mass is 10.0.